The van der Waals surface area contributed by atoms with E-state index in [-0.39, 0.29) is 0 Å². The molecule has 0 heterocycles. The van der Waals surface area contributed by atoms with Crippen LogP contribution in [0.25, 0.3) is 83.5 Å². The number of nitrogens with two attached hydrogens (primary N) is 1. The van der Waals surface area contributed by atoms with Crippen LogP contribution in [0.3, 0.4) is 0 Å². The van der Waals surface area contributed by atoms with Crippen LogP contribution in [0.1, 0.15) is 11.1 Å². The summed E-state index contributed by atoms with van der Waals surface area (Å²) in [4.78, 5) is 0. The zero-order valence-corrected chi connectivity index (χ0v) is 32.1. The molecule has 0 fully saturated rings. The molecule has 0 aliphatic heterocycles. The van der Waals surface area contributed by atoms with Crippen LogP contribution in [-0.4, -0.2) is 0 Å². The molecule has 1 aliphatic carbocycles. The lowest BCUT2D eigenvalue weighted by molar-refractivity contribution is 0.830. The van der Waals surface area contributed by atoms with Gasteiger partial charge < -0.3 is 5.73 Å². The van der Waals surface area contributed by atoms with Gasteiger partial charge in [-0.15, -0.1) is 0 Å². The van der Waals surface area contributed by atoms with E-state index in [2.05, 4.69) is 231 Å². The molecule has 58 heavy (non-hydrogen) atoms. The average molecular weight is 740 g/mol. The van der Waals surface area contributed by atoms with E-state index in [1.807, 2.05) is 6.07 Å². The first kappa shape index (κ1) is 35.1. The van der Waals surface area contributed by atoms with E-state index in [1.54, 1.807) is 0 Å². The van der Waals surface area contributed by atoms with Crippen molar-refractivity contribution >= 4 is 5.57 Å². The first-order valence-electron chi connectivity index (χ1n) is 20.0. The Morgan fingerprint density at radius 1 is 0.259 bits per heavy atom. The maximum absolute atomic E-state index is 6.83. The third kappa shape index (κ3) is 6.58. The van der Waals surface area contributed by atoms with Crippen LogP contribution in [0.15, 0.2) is 237 Å². The molecule has 0 bridgehead atoms. The molecule has 9 aromatic rings. The van der Waals surface area contributed by atoms with Crippen LogP contribution in [0.2, 0.25) is 0 Å². The second-order valence-corrected chi connectivity index (χ2v) is 15.1. The van der Waals surface area contributed by atoms with Crippen molar-refractivity contribution in [3.63, 3.8) is 0 Å². The second-order valence-electron chi connectivity index (χ2n) is 15.1. The Balaban J connectivity index is 1.09. The van der Waals surface area contributed by atoms with Crippen LogP contribution in [0.4, 0.5) is 0 Å². The summed E-state index contributed by atoms with van der Waals surface area (Å²) in [6, 6.07) is 82.9. The van der Waals surface area contributed by atoms with Crippen molar-refractivity contribution in [2.45, 2.75) is 5.54 Å². The number of hydrogen-bond donors (Lipinski definition) is 1. The summed E-state index contributed by atoms with van der Waals surface area (Å²) in [6.45, 7) is 0. The molecule has 1 nitrogen and oxygen atoms in total. The summed E-state index contributed by atoms with van der Waals surface area (Å²) in [6.07, 6.45) is 2.17. The van der Waals surface area contributed by atoms with Crippen LogP contribution in [-0.2, 0) is 5.54 Å². The Kier molecular flexibility index (Phi) is 9.06. The Hall–Kier alpha value is -7.32. The third-order valence-corrected chi connectivity index (χ3v) is 11.5. The highest BCUT2D eigenvalue weighted by atomic mass is 14.8. The molecule has 0 radical (unpaired) electrons. The van der Waals surface area contributed by atoms with Gasteiger partial charge in [-0.1, -0.05) is 212 Å². The molecule has 10 rings (SSSR count). The van der Waals surface area contributed by atoms with Gasteiger partial charge in [0, 0.05) is 0 Å². The molecular formula is C57H41N. The van der Waals surface area contributed by atoms with Gasteiger partial charge in [0.15, 0.2) is 0 Å². The van der Waals surface area contributed by atoms with Crippen molar-refractivity contribution in [1.29, 1.82) is 0 Å². The summed E-state index contributed by atoms with van der Waals surface area (Å²) >= 11 is 0. The monoisotopic (exact) mass is 739 g/mol. The fourth-order valence-corrected chi connectivity index (χ4v) is 8.51. The minimum atomic E-state index is -0.499. The SMILES string of the molecule is NC1(c2ccccc2)C=C1c1cccc(-c2ccc(-c3cccc(-c4cc(-c5ccccc5)c(-c5ccccc5)c(-c5ccccc5)c4-c4ccccc4)c3)cc2)c1. The van der Waals surface area contributed by atoms with Crippen molar-refractivity contribution in [1.82, 2.24) is 0 Å². The van der Waals surface area contributed by atoms with Gasteiger partial charge in [0.1, 0.15) is 0 Å². The van der Waals surface area contributed by atoms with Crippen molar-refractivity contribution < 1.29 is 0 Å². The van der Waals surface area contributed by atoms with E-state index in [0.717, 1.165) is 11.1 Å². The Labute approximate surface area is 341 Å². The predicted molar refractivity (Wildman–Crippen MR) is 245 cm³/mol. The molecule has 1 atom stereocenters. The van der Waals surface area contributed by atoms with Gasteiger partial charge >= 0.3 is 0 Å². The molecule has 0 saturated heterocycles. The Morgan fingerprint density at radius 3 is 1.12 bits per heavy atom. The maximum atomic E-state index is 6.83. The summed E-state index contributed by atoms with van der Waals surface area (Å²) in [5, 5.41) is 0. The van der Waals surface area contributed by atoms with E-state index in [1.165, 1.54) is 83.5 Å². The molecular weight excluding hydrogens is 699 g/mol. The van der Waals surface area contributed by atoms with Crippen molar-refractivity contribution in [3.8, 4) is 77.9 Å². The van der Waals surface area contributed by atoms with Crippen molar-refractivity contribution in [3.05, 3.63) is 248 Å². The van der Waals surface area contributed by atoms with Crippen LogP contribution in [0, 0.1) is 0 Å². The van der Waals surface area contributed by atoms with Gasteiger partial charge in [-0.25, -0.2) is 0 Å². The molecule has 1 heteroatoms. The Morgan fingerprint density at radius 2 is 0.621 bits per heavy atom. The first-order chi connectivity index (χ1) is 28.6. The normalized spacial score (nSPS) is 14.5. The lowest BCUT2D eigenvalue weighted by Gasteiger charge is -2.24. The molecule has 2 N–H and O–H groups in total. The quantitative estimate of drug-likeness (QED) is 0.157. The van der Waals surface area contributed by atoms with Crippen molar-refractivity contribution in [2.24, 2.45) is 5.73 Å². The minimum Gasteiger partial charge on any atom is -0.314 e. The van der Waals surface area contributed by atoms with Gasteiger partial charge in [0.05, 0.1) is 5.54 Å². The summed E-state index contributed by atoms with van der Waals surface area (Å²) in [5.74, 6) is 0. The fourth-order valence-electron chi connectivity index (χ4n) is 8.51. The number of hydrogen-bond acceptors (Lipinski definition) is 1. The highest BCUT2D eigenvalue weighted by Gasteiger charge is 2.42. The van der Waals surface area contributed by atoms with E-state index in [9.17, 15) is 0 Å². The average Bonchev–Trinajstić information content (AvgIpc) is 4.02. The Bertz CT molecular complexity index is 2900. The van der Waals surface area contributed by atoms with Crippen LogP contribution < -0.4 is 5.73 Å². The summed E-state index contributed by atoms with van der Waals surface area (Å²) in [7, 11) is 0. The predicted octanol–water partition coefficient (Wildman–Crippen LogP) is 14.6. The molecule has 1 unspecified atom stereocenters. The van der Waals surface area contributed by atoms with Crippen LogP contribution >= 0.6 is 0 Å². The maximum Gasteiger partial charge on any atom is 0.0863 e. The zero-order chi connectivity index (χ0) is 38.9. The lowest BCUT2D eigenvalue weighted by atomic mass is 9.78. The van der Waals surface area contributed by atoms with Gasteiger partial charge in [-0.3, -0.25) is 0 Å². The number of rotatable bonds is 9. The largest absolute Gasteiger partial charge is 0.314 e. The molecule has 0 saturated carbocycles. The van der Waals surface area contributed by atoms with Gasteiger partial charge in [0.2, 0.25) is 0 Å². The molecule has 0 aromatic heterocycles. The van der Waals surface area contributed by atoms with E-state index in [0.29, 0.717) is 0 Å². The molecule has 9 aromatic carbocycles. The van der Waals surface area contributed by atoms with E-state index in [4.69, 9.17) is 5.73 Å². The summed E-state index contributed by atoms with van der Waals surface area (Å²) in [5.41, 5.74) is 26.5. The highest BCUT2D eigenvalue weighted by Crippen LogP contribution is 2.51. The molecule has 274 valence electrons. The smallest absolute Gasteiger partial charge is 0.0863 e. The lowest BCUT2D eigenvalue weighted by Crippen LogP contribution is -2.22. The van der Waals surface area contributed by atoms with E-state index >= 15 is 0 Å². The highest BCUT2D eigenvalue weighted by molar-refractivity contribution is 6.07. The van der Waals surface area contributed by atoms with Gasteiger partial charge in [0.25, 0.3) is 0 Å². The second kappa shape index (κ2) is 15.0. The number of benzene rings is 9. The van der Waals surface area contributed by atoms with Crippen molar-refractivity contribution in [2.75, 3.05) is 0 Å². The molecule has 1 aliphatic rings. The van der Waals surface area contributed by atoms with Crippen LogP contribution in [0.5, 0.6) is 0 Å². The van der Waals surface area contributed by atoms with Gasteiger partial charge in [-0.2, -0.15) is 0 Å². The first-order valence-corrected chi connectivity index (χ1v) is 20.0. The summed E-state index contributed by atoms with van der Waals surface area (Å²) < 4.78 is 0. The third-order valence-electron chi connectivity index (χ3n) is 11.5. The minimum absolute atomic E-state index is 0.499. The van der Waals surface area contributed by atoms with Gasteiger partial charge in [-0.05, 0) is 119 Å². The molecule has 0 spiro atoms. The standard InChI is InChI=1S/C57H41N/c58-57(50-30-14-5-15-31-50)39-53(57)49-29-17-27-47(37-49)41-34-32-40(33-35-41)46-26-16-28-48(36-46)52-38-51(42-18-6-1-7-19-42)54(43-20-8-2-9-21-43)56(45-24-12-4-13-25-45)55(52)44-22-10-3-11-23-44/h1-39H,58H2. The zero-order valence-electron chi connectivity index (χ0n) is 32.1. The topological polar surface area (TPSA) is 26.0 Å². The van der Waals surface area contributed by atoms with E-state index < -0.39 is 5.54 Å². The fraction of sp³-hybridized carbons (Fsp3) is 0.0175. The molecule has 0 amide bonds.